The fourth-order valence-corrected chi connectivity index (χ4v) is 38.4. The van der Waals surface area contributed by atoms with E-state index in [1.54, 1.807) is 39.0 Å². The summed E-state index contributed by atoms with van der Waals surface area (Å²) >= 11 is 3.16. The fourth-order valence-electron chi connectivity index (χ4n) is 18.0. The molecule has 9 heterocycles. The number of halogens is 1. The van der Waals surface area contributed by atoms with Crippen LogP contribution >= 0.6 is 46.4 Å². The van der Waals surface area contributed by atoms with Gasteiger partial charge in [-0.05, 0) is 208 Å². The molecule has 3 aliphatic carbocycles. The number of nitrogens with zero attached hydrogens (tertiary/aromatic N) is 9. The van der Waals surface area contributed by atoms with Gasteiger partial charge < -0.3 is 40.5 Å². The monoisotopic (exact) mass is 1700 g/mol. The van der Waals surface area contributed by atoms with Crippen LogP contribution in [0.4, 0.5) is 27.0 Å². The standard InChI is InChI=1S/C27H32N4O2S.C25H33N3O2.C22H24N4S.3C4H9.C3H2NS.2CH4.ClH.Sn/c1-18-15-20(24-28-11-14-34-24)16-22(29-18)31-12-9-27(10-13-31)17-19-7-5-6-8-21(19)23(27)30-25(32)33-26(2,3)4;1-17-14-18(2)26-21(15-17)28-12-10-25(11-13-28)16-19-8-6-7-9-20(19)22(25)27-23(29)30-24(3,4)5;1-15-12-17(21-24-8-11-27-21)13-19(25-15)26-9-6-22(7-10-26)14-16-4-2-3-5-18(16)20(22)23;3*1-3-4-2;1-2-5-3-4-1;;;;/h5-8,11,14-16,23H,9-10,12-13,17H2,1-4H3,(H,30,32);6-9,14-15,22H,10-13,16H2,1-5H3,(H,27,29);2-5,8,11-13,20H,6-7,9-10,14,23H2,1H3;3*1,3-4H2,2H3;1-2H;2*1H4;1H;/t23-;22-;20-;;;;;;;;/m111......../s1. The van der Waals surface area contributed by atoms with Crippen LogP contribution in [0.25, 0.3) is 21.1 Å². The number of pyridine rings is 3. The number of aromatic nitrogens is 6. The van der Waals surface area contributed by atoms with Crippen LogP contribution < -0.4 is 34.1 Å². The summed E-state index contributed by atoms with van der Waals surface area (Å²) in [6, 6.07) is 38.7. The van der Waals surface area contributed by atoms with Gasteiger partial charge in [-0.2, -0.15) is 0 Å². The zero-order valence-electron chi connectivity index (χ0n) is 67.4. The van der Waals surface area contributed by atoms with Crippen molar-refractivity contribution in [3.05, 3.63) is 200 Å². The number of amides is 2. The molecule has 9 aromatic rings. The topological polar surface area (TPSA) is 190 Å². The van der Waals surface area contributed by atoms with Crippen LogP contribution in [-0.4, -0.2) is 111 Å². The summed E-state index contributed by atoms with van der Waals surface area (Å²) < 4.78 is 17.5. The van der Waals surface area contributed by atoms with E-state index in [1.165, 1.54) is 77.5 Å². The Balaban J connectivity index is 0.000000173. The van der Waals surface area contributed by atoms with Crippen LogP contribution in [0.2, 0.25) is 13.3 Å². The van der Waals surface area contributed by atoms with E-state index in [0.29, 0.717) is 0 Å². The number of hydrogen-bond donors (Lipinski definition) is 3. The second-order valence-electron chi connectivity index (χ2n) is 33.8. The Hall–Kier alpha value is -7.01. The van der Waals surface area contributed by atoms with Gasteiger partial charge in [-0.25, -0.2) is 34.5 Å². The van der Waals surface area contributed by atoms with Crippen molar-refractivity contribution >= 4 is 97.5 Å². The van der Waals surface area contributed by atoms with Crippen molar-refractivity contribution in [2.45, 2.75) is 244 Å². The number of anilines is 3. The molecule has 0 radical (unpaired) electrons. The molecule has 3 saturated heterocycles. The number of fused-ring (bicyclic) bond motifs is 3. The summed E-state index contributed by atoms with van der Waals surface area (Å²) in [6.45, 7) is 32.4. The first-order chi connectivity index (χ1) is 52.3. The van der Waals surface area contributed by atoms with Crippen molar-refractivity contribution in [1.82, 2.24) is 40.5 Å². The maximum Gasteiger partial charge on any atom is 0.408 e. The normalized spacial score (nSPS) is 18.2. The summed E-state index contributed by atoms with van der Waals surface area (Å²) in [7, 11) is 0. The van der Waals surface area contributed by atoms with Gasteiger partial charge in [-0.3, -0.25) is 0 Å². The predicted octanol–water partition coefficient (Wildman–Crippen LogP) is 22.3. The van der Waals surface area contributed by atoms with Gasteiger partial charge in [0.1, 0.15) is 38.7 Å². The summed E-state index contributed by atoms with van der Waals surface area (Å²) in [6.07, 6.45) is 22.7. The molecule has 4 N–H and O–H groups in total. The van der Waals surface area contributed by atoms with Crippen LogP contribution in [0.5, 0.6) is 0 Å². The van der Waals surface area contributed by atoms with Crippen molar-refractivity contribution in [2.24, 2.45) is 22.0 Å². The molecular formula is C91H127ClN12O4S3Sn. The number of hydrogen-bond acceptors (Lipinski definition) is 17. The molecule has 21 heteroatoms. The number of carbonyl (C=O) groups excluding carboxylic acids is 2. The van der Waals surface area contributed by atoms with Crippen molar-refractivity contribution in [3.63, 3.8) is 0 Å². The number of alkyl carbamates (subject to hydrolysis) is 2. The molecule has 15 rings (SSSR count). The first-order valence-corrected chi connectivity index (χ1v) is 50.3. The third kappa shape index (κ3) is 21.5. The Morgan fingerprint density at radius 2 is 0.839 bits per heavy atom. The molecule has 6 aromatic heterocycles. The number of aryl methyl sites for hydroxylation is 4. The van der Waals surface area contributed by atoms with E-state index in [0.717, 1.165) is 153 Å². The van der Waals surface area contributed by atoms with Gasteiger partial charge in [0.15, 0.2) is 0 Å². The van der Waals surface area contributed by atoms with Crippen molar-refractivity contribution < 1.29 is 19.1 Å². The van der Waals surface area contributed by atoms with Gasteiger partial charge in [0.25, 0.3) is 0 Å². The van der Waals surface area contributed by atoms with Crippen LogP contribution in [0.3, 0.4) is 0 Å². The Morgan fingerprint density at radius 3 is 1.20 bits per heavy atom. The van der Waals surface area contributed by atoms with E-state index in [-0.39, 0.29) is 73.8 Å². The zero-order valence-corrected chi connectivity index (χ0v) is 73.5. The van der Waals surface area contributed by atoms with Crippen LogP contribution in [0.1, 0.15) is 228 Å². The van der Waals surface area contributed by atoms with Crippen molar-refractivity contribution in [3.8, 4) is 21.1 Å². The minimum Gasteiger partial charge on any atom is -0.444 e. The number of rotatable bonds is 17. The molecule has 3 atom stereocenters. The molecule has 3 aromatic carbocycles. The molecule has 3 fully saturated rings. The molecule has 604 valence electrons. The average molecular weight is 1700 g/mol. The van der Waals surface area contributed by atoms with E-state index in [1.807, 2.05) is 89.2 Å². The molecule has 112 heavy (non-hydrogen) atoms. The minimum absolute atomic E-state index is 0. The quantitative estimate of drug-likeness (QED) is 0.0730. The third-order valence-electron chi connectivity index (χ3n) is 23.4. The largest absolute Gasteiger partial charge is 0.444 e. The van der Waals surface area contributed by atoms with Gasteiger partial charge >= 0.3 is 134 Å². The number of piperidine rings is 3. The van der Waals surface area contributed by atoms with Gasteiger partial charge in [0.05, 0.1) is 12.1 Å². The van der Waals surface area contributed by atoms with E-state index < -0.39 is 29.6 Å². The number of thiazole rings is 3. The first kappa shape index (κ1) is 88.9. The molecule has 16 nitrogen and oxygen atoms in total. The summed E-state index contributed by atoms with van der Waals surface area (Å²) in [5.74, 6) is 3.14. The van der Waals surface area contributed by atoms with Crippen LogP contribution in [-0.2, 0) is 28.7 Å². The predicted molar refractivity (Wildman–Crippen MR) is 474 cm³/mol. The number of unbranched alkanes of at least 4 members (excludes halogenated alkanes) is 3. The molecule has 0 bridgehead atoms. The molecule has 3 aliphatic heterocycles. The zero-order chi connectivity index (χ0) is 77.1. The number of nitrogens with two attached hydrogens (primary N) is 1. The Labute approximate surface area is 692 Å². The Kier molecular flexibility index (Phi) is 31.0. The molecule has 0 saturated carbocycles. The summed E-state index contributed by atoms with van der Waals surface area (Å²) in [5, 5.41) is 14.8. The second-order valence-corrected chi connectivity index (χ2v) is 50.4. The Morgan fingerprint density at radius 1 is 0.491 bits per heavy atom. The SMILES string of the molecule is C.C.CCC[CH2][Sn]([CH2]CCC)([CH2]CCC)[c]1nccs1.Cc1cc(-c2nccs2)cc(N2CCC3(CC2)Cc2ccccc2[C@H]3N)n1.Cc1cc(-c2nccs2)cc(N2CCC3(CC2)Cc2ccccc2[C@H]3NC(=O)OC(C)(C)C)n1.Cc1cc(C)nc(N2CCC3(CC2)Cc2ccccc2[C@H]3NC(=O)OC(C)(C)C)c1.Cl. The fraction of sp³-hybridized carbons (Fsp3) is 0.516. The number of ether oxygens (including phenoxy) is 2. The molecule has 2 amide bonds. The molecule has 6 aliphatic rings. The molecule has 0 unspecified atom stereocenters. The smallest absolute Gasteiger partial charge is 0.408 e. The van der Waals surface area contributed by atoms with E-state index >= 15 is 0 Å². The Bertz CT molecular complexity index is 4420. The van der Waals surface area contributed by atoms with Gasteiger partial charge in [0, 0.05) is 108 Å². The summed E-state index contributed by atoms with van der Waals surface area (Å²) in [5.41, 5.74) is 20.5. The molecular weight excluding hydrogens is 1580 g/mol. The first-order valence-electron chi connectivity index (χ1n) is 40.2. The van der Waals surface area contributed by atoms with Crippen molar-refractivity contribution in [1.29, 1.82) is 0 Å². The van der Waals surface area contributed by atoms with Gasteiger partial charge in [0.2, 0.25) is 0 Å². The maximum absolute atomic E-state index is 12.8. The van der Waals surface area contributed by atoms with Gasteiger partial charge in [-0.15, -0.1) is 35.1 Å². The number of benzene rings is 3. The minimum atomic E-state index is -2.12. The number of nitrogens with one attached hydrogen (secondary N) is 2. The second kappa shape index (κ2) is 39.1. The molecule has 3 spiro atoms. The third-order valence-corrected chi connectivity index (χ3v) is 43.8. The maximum atomic E-state index is 12.8. The average Bonchev–Trinajstić information content (AvgIpc) is 1.62. The summed E-state index contributed by atoms with van der Waals surface area (Å²) in [4.78, 5) is 60.7. The van der Waals surface area contributed by atoms with E-state index in [4.69, 9.17) is 35.1 Å². The van der Waals surface area contributed by atoms with Gasteiger partial charge in [-0.1, -0.05) is 87.6 Å². The van der Waals surface area contributed by atoms with E-state index in [9.17, 15) is 9.59 Å². The van der Waals surface area contributed by atoms with Crippen LogP contribution in [0, 0.1) is 43.9 Å². The van der Waals surface area contributed by atoms with Crippen LogP contribution in [0.15, 0.2) is 144 Å². The van der Waals surface area contributed by atoms with E-state index in [2.05, 4.69) is 191 Å². The number of carbonyl (C=O) groups is 2. The van der Waals surface area contributed by atoms with Crippen molar-refractivity contribution in [2.75, 3.05) is 54.0 Å².